The number of hydrogen-bond donors (Lipinski definition) is 1. The van der Waals surface area contributed by atoms with Crippen molar-refractivity contribution in [2.45, 2.75) is 6.42 Å². The Bertz CT molecular complexity index is 652. The number of fused-ring (bicyclic) bond motifs is 5. The lowest BCUT2D eigenvalue weighted by molar-refractivity contribution is -0.123. The largest absolute Gasteiger partial charge is 0.495 e. The molecule has 2 amide bonds. The predicted molar refractivity (Wildman–Crippen MR) is 77.6 cm³/mol. The quantitative estimate of drug-likeness (QED) is 0.508. The average molecular weight is 284 g/mol. The van der Waals surface area contributed by atoms with E-state index in [-0.39, 0.29) is 35.5 Å². The van der Waals surface area contributed by atoms with Crippen molar-refractivity contribution < 1.29 is 14.3 Å². The van der Waals surface area contributed by atoms with Gasteiger partial charge in [0.25, 0.3) is 0 Å². The Morgan fingerprint density at radius 1 is 1.14 bits per heavy atom. The number of hydrogen-bond acceptors (Lipinski definition) is 4. The lowest BCUT2D eigenvalue weighted by Gasteiger charge is -2.18. The first-order valence-electron chi connectivity index (χ1n) is 7.11. The van der Waals surface area contributed by atoms with Crippen molar-refractivity contribution in [3.63, 3.8) is 0 Å². The second-order valence-electron chi connectivity index (χ2n) is 5.94. The molecule has 1 aliphatic heterocycles. The highest BCUT2D eigenvalue weighted by molar-refractivity contribution is 6.22. The van der Waals surface area contributed by atoms with Crippen LogP contribution < -0.4 is 15.4 Å². The van der Waals surface area contributed by atoms with Crippen LogP contribution in [-0.2, 0) is 9.59 Å². The highest BCUT2D eigenvalue weighted by Gasteiger charge is 2.59. The van der Waals surface area contributed by atoms with Gasteiger partial charge < -0.3 is 10.5 Å². The van der Waals surface area contributed by atoms with Gasteiger partial charge in [-0.2, -0.15) is 0 Å². The maximum atomic E-state index is 12.7. The fourth-order valence-electron chi connectivity index (χ4n) is 4.00. The van der Waals surface area contributed by atoms with Crippen molar-refractivity contribution in [3.05, 3.63) is 30.4 Å². The van der Waals surface area contributed by atoms with Crippen LogP contribution in [0.15, 0.2) is 30.4 Å². The summed E-state index contributed by atoms with van der Waals surface area (Å²) in [5.41, 5.74) is 6.82. The Morgan fingerprint density at radius 3 is 2.33 bits per heavy atom. The highest BCUT2D eigenvalue weighted by atomic mass is 16.5. The number of carbonyl (C=O) groups is 2. The van der Waals surface area contributed by atoms with Crippen LogP contribution >= 0.6 is 0 Å². The summed E-state index contributed by atoms with van der Waals surface area (Å²) >= 11 is 0. The second kappa shape index (κ2) is 4.10. The van der Waals surface area contributed by atoms with Crippen LogP contribution in [-0.4, -0.2) is 18.9 Å². The third-order valence-corrected chi connectivity index (χ3v) is 4.95. The van der Waals surface area contributed by atoms with Crippen LogP contribution in [0, 0.1) is 23.7 Å². The van der Waals surface area contributed by atoms with Crippen molar-refractivity contribution in [3.8, 4) is 5.75 Å². The van der Waals surface area contributed by atoms with Crippen molar-refractivity contribution in [2.24, 2.45) is 23.7 Å². The molecule has 1 saturated heterocycles. The van der Waals surface area contributed by atoms with Crippen molar-refractivity contribution >= 4 is 23.2 Å². The first-order valence-corrected chi connectivity index (χ1v) is 7.11. The summed E-state index contributed by atoms with van der Waals surface area (Å²) in [4.78, 5) is 26.7. The summed E-state index contributed by atoms with van der Waals surface area (Å²) in [5, 5.41) is 0. The highest BCUT2D eigenvalue weighted by Crippen LogP contribution is 2.53. The van der Waals surface area contributed by atoms with Crippen LogP contribution in [0.25, 0.3) is 0 Å². The van der Waals surface area contributed by atoms with Crippen molar-refractivity contribution in [2.75, 3.05) is 17.7 Å². The molecule has 1 aromatic carbocycles. The molecule has 21 heavy (non-hydrogen) atoms. The van der Waals surface area contributed by atoms with Gasteiger partial charge in [-0.15, -0.1) is 0 Å². The molecule has 4 unspecified atom stereocenters. The molecule has 1 saturated carbocycles. The number of benzene rings is 1. The van der Waals surface area contributed by atoms with E-state index in [2.05, 4.69) is 12.2 Å². The van der Waals surface area contributed by atoms with Crippen LogP contribution in [0.4, 0.5) is 11.4 Å². The molecule has 4 atom stereocenters. The summed E-state index contributed by atoms with van der Waals surface area (Å²) in [6, 6.07) is 5.02. The molecule has 3 aliphatic rings. The number of nitrogens with two attached hydrogens (primary N) is 1. The van der Waals surface area contributed by atoms with Crippen LogP contribution in [0.3, 0.4) is 0 Å². The molecule has 0 aromatic heterocycles. The van der Waals surface area contributed by atoms with Crippen molar-refractivity contribution in [1.29, 1.82) is 0 Å². The molecule has 4 rings (SSSR count). The zero-order valence-electron chi connectivity index (χ0n) is 11.7. The molecule has 2 fully saturated rings. The standard InChI is InChI=1S/C16H16N2O3/c1-21-12-7-10(4-5-11(12)17)18-15(19)13-8-2-3-9(6-8)14(13)16(18)20/h2-5,7-9,13-14H,6,17H2,1H3. The summed E-state index contributed by atoms with van der Waals surface area (Å²) in [5.74, 6) is 0.370. The van der Waals surface area contributed by atoms with Crippen LogP contribution in [0.2, 0.25) is 0 Å². The van der Waals surface area contributed by atoms with Crippen LogP contribution in [0.5, 0.6) is 5.75 Å². The smallest absolute Gasteiger partial charge is 0.238 e. The third kappa shape index (κ3) is 1.51. The summed E-state index contributed by atoms with van der Waals surface area (Å²) in [6.45, 7) is 0. The number of amides is 2. The van der Waals surface area contributed by atoms with Gasteiger partial charge in [0.05, 0.1) is 30.3 Å². The Kier molecular flexibility index (Phi) is 2.43. The third-order valence-electron chi connectivity index (χ3n) is 4.95. The Hall–Kier alpha value is -2.30. The molecular weight excluding hydrogens is 268 g/mol. The van der Waals surface area contributed by atoms with Gasteiger partial charge in [-0.1, -0.05) is 12.2 Å². The van der Waals surface area contributed by atoms with Crippen LogP contribution in [0.1, 0.15) is 6.42 Å². The average Bonchev–Trinajstić information content (AvgIpc) is 3.14. The van der Waals surface area contributed by atoms with E-state index < -0.39 is 0 Å². The fraction of sp³-hybridized carbons (Fsp3) is 0.375. The Labute approximate surface area is 122 Å². The number of nitrogen functional groups attached to an aromatic ring is 1. The normalized spacial score (nSPS) is 32.9. The monoisotopic (exact) mass is 284 g/mol. The Morgan fingerprint density at radius 2 is 1.76 bits per heavy atom. The fourth-order valence-corrected chi connectivity index (χ4v) is 4.00. The minimum atomic E-state index is -0.184. The second-order valence-corrected chi connectivity index (χ2v) is 5.94. The van der Waals surface area contributed by atoms with E-state index in [0.717, 1.165) is 6.42 Å². The number of nitrogens with zero attached hydrogens (tertiary/aromatic N) is 1. The molecule has 1 heterocycles. The van der Waals surface area contributed by atoms with Gasteiger partial charge in [0.2, 0.25) is 11.8 Å². The van der Waals surface area contributed by atoms with Gasteiger partial charge in [-0.25, -0.2) is 4.90 Å². The zero-order valence-corrected chi connectivity index (χ0v) is 11.7. The lowest BCUT2D eigenvalue weighted by atomic mass is 9.85. The molecule has 0 spiro atoms. The topological polar surface area (TPSA) is 72.6 Å². The maximum absolute atomic E-state index is 12.7. The van der Waals surface area contributed by atoms with Gasteiger partial charge in [0.1, 0.15) is 5.75 Å². The summed E-state index contributed by atoms with van der Waals surface area (Å²) in [7, 11) is 1.52. The number of rotatable bonds is 2. The number of methoxy groups -OCH3 is 1. The first kappa shape index (κ1) is 12.4. The van der Waals surface area contributed by atoms with E-state index in [9.17, 15) is 9.59 Å². The van der Waals surface area contributed by atoms with Crippen molar-refractivity contribution in [1.82, 2.24) is 0 Å². The molecule has 2 bridgehead atoms. The van der Waals surface area contributed by atoms with Gasteiger partial charge in [-0.05, 0) is 30.4 Å². The van der Waals surface area contributed by atoms with E-state index in [4.69, 9.17) is 10.5 Å². The molecule has 1 aromatic rings. The molecule has 2 aliphatic carbocycles. The molecular formula is C16H16N2O3. The summed E-state index contributed by atoms with van der Waals surface area (Å²) < 4.78 is 5.18. The van der Waals surface area contributed by atoms with Gasteiger partial charge in [-0.3, -0.25) is 9.59 Å². The van der Waals surface area contributed by atoms with E-state index in [1.807, 2.05) is 0 Å². The molecule has 5 heteroatoms. The van der Waals surface area contributed by atoms with E-state index in [0.29, 0.717) is 17.1 Å². The van der Waals surface area contributed by atoms with E-state index in [1.54, 1.807) is 18.2 Å². The zero-order chi connectivity index (χ0) is 14.7. The minimum Gasteiger partial charge on any atom is -0.495 e. The number of imide groups is 1. The molecule has 2 N–H and O–H groups in total. The maximum Gasteiger partial charge on any atom is 0.238 e. The van der Waals surface area contributed by atoms with E-state index >= 15 is 0 Å². The van der Waals surface area contributed by atoms with Gasteiger partial charge in [0.15, 0.2) is 0 Å². The molecule has 0 radical (unpaired) electrons. The SMILES string of the molecule is COc1cc(N2C(=O)C3C4C=CC(C4)C3C2=O)ccc1N. The number of carbonyl (C=O) groups excluding carboxylic acids is 2. The number of allylic oxidation sites excluding steroid dienone is 2. The van der Waals surface area contributed by atoms with E-state index in [1.165, 1.54) is 12.0 Å². The molecule has 108 valence electrons. The van der Waals surface area contributed by atoms with Gasteiger partial charge >= 0.3 is 0 Å². The lowest BCUT2D eigenvalue weighted by Crippen LogP contribution is -2.32. The predicted octanol–water partition coefficient (Wildman–Crippen LogP) is 1.59. The first-order chi connectivity index (χ1) is 10.1. The van der Waals surface area contributed by atoms with Gasteiger partial charge in [0, 0.05) is 6.07 Å². The Balaban J connectivity index is 1.74. The minimum absolute atomic E-state index is 0.0892. The molecule has 5 nitrogen and oxygen atoms in total. The summed E-state index contributed by atoms with van der Waals surface area (Å²) in [6.07, 6.45) is 5.11. The number of anilines is 2. The number of ether oxygens (including phenoxy) is 1.